The van der Waals surface area contributed by atoms with Crippen LogP contribution in [0.1, 0.15) is 74.0 Å². The third-order valence-electron chi connectivity index (χ3n) is 8.04. The molecule has 1 unspecified atom stereocenters. The van der Waals surface area contributed by atoms with Crippen molar-refractivity contribution in [3.05, 3.63) is 48.0 Å². The quantitative estimate of drug-likeness (QED) is 0.303. The summed E-state index contributed by atoms with van der Waals surface area (Å²) in [6.45, 7) is 2.40. The molecule has 2 saturated heterocycles. The Morgan fingerprint density at radius 3 is 2.71 bits per heavy atom. The Balaban J connectivity index is 1.19. The molecule has 0 bridgehead atoms. The van der Waals surface area contributed by atoms with E-state index in [4.69, 9.17) is 18.9 Å². The third-order valence-corrected chi connectivity index (χ3v) is 8.04. The summed E-state index contributed by atoms with van der Waals surface area (Å²) in [5.41, 5.74) is 1.70. The van der Waals surface area contributed by atoms with Crippen molar-refractivity contribution in [1.29, 1.82) is 0 Å². The molecule has 13 heteroatoms. The Bertz CT molecular complexity index is 1410. The first kappa shape index (κ1) is 28.5. The number of aromatic carboxylic acids is 1. The van der Waals surface area contributed by atoms with Crippen molar-refractivity contribution < 1.29 is 33.6 Å². The van der Waals surface area contributed by atoms with Crippen LogP contribution in [0.25, 0.3) is 11.2 Å². The number of rotatable bonds is 11. The predicted molar refractivity (Wildman–Crippen MR) is 150 cm³/mol. The molecule has 5 atom stereocenters. The summed E-state index contributed by atoms with van der Waals surface area (Å²) < 4.78 is 26.8. The van der Waals surface area contributed by atoms with E-state index in [1.165, 1.54) is 6.33 Å². The summed E-state index contributed by atoms with van der Waals surface area (Å²) in [5.74, 6) is -0.693. The SMILES string of the molecule is CCCC[C@@H]1OC2[C@@H](O1)[C@@H](COCc1ccccc1C(=O)O)O[C@H]2n1cnc2c(NC(=O)NC3CCCC3)ncnc21. The molecule has 3 aromatic rings. The lowest BCUT2D eigenvalue weighted by Crippen LogP contribution is -2.36. The van der Waals surface area contributed by atoms with Crippen LogP contribution in [0.4, 0.5) is 10.6 Å². The number of imidazole rings is 1. The van der Waals surface area contributed by atoms with E-state index in [-0.39, 0.29) is 37.1 Å². The van der Waals surface area contributed by atoms with Gasteiger partial charge in [0.05, 0.1) is 25.1 Å². The Morgan fingerprint density at radius 1 is 1.10 bits per heavy atom. The summed E-state index contributed by atoms with van der Waals surface area (Å²) in [5, 5.41) is 15.3. The van der Waals surface area contributed by atoms with Crippen molar-refractivity contribution in [2.45, 2.75) is 95.3 Å². The molecule has 13 nitrogen and oxygen atoms in total. The Morgan fingerprint density at radius 2 is 1.90 bits per heavy atom. The molecule has 2 amide bonds. The number of urea groups is 1. The van der Waals surface area contributed by atoms with Gasteiger partial charge in [-0.2, -0.15) is 0 Å². The van der Waals surface area contributed by atoms with Crippen LogP contribution in [0.3, 0.4) is 0 Å². The van der Waals surface area contributed by atoms with Gasteiger partial charge in [-0.15, -0.1) is 0 Å². The van der Waals surface area contributed by atoms with Crippen LogP contribution in [0.5, 0.6) is 0 Å². The van der Waals surface area contributed by atoms with Gasteiger partial charge in [-0.25, -0.2) is 24.5 Å². The van der Waals surface area contributed by atoms with Crippen molar-refractivity contribution >= 4 is 29.0 Å². The van der Waals surface area contributed by atoms with E-state index in [9.17, 15) is 14.7 Å². The normalized spacial score (nSPS) is 25.6. The van der Waals surface area contributed by atoms with Crippen LogP contribution in [0.2, 0.25) is 0 Å². The number of hydrogen-bond acceptors (Lipinski definition) is 9. The first-order valence-corrected chi connectivity index (χ1v) is 14.6. The van der Waals surface area contributed by atoms with E-state index < -0.39 is 30.5 Å². The Labute approximate surface area is 242 Å². The molecular weight excluding hydrogens is 544 g/mol. The summed E-state index contributed by atoms with van der Waals surface area (Å²) in [7, 11) is 0. The number of nitrogens with zero attached hydrogens (tertiary/aromatic N) is 4. The molecule has 1 aliphatic carbocycles. The number of carbonyl (C=O) groups is 2. The van der Waals surface area contributed by atoms with Gasteiger partial charge in [0.1, 0.15) is 24.6 Å². The van der Waals surface area contributed by atoms with Crippen LogP contribution in [-0.2, 0) is 25.6 Å². The van der Waals surface area contributed by atoms with Gasteiger partial charge in [-0.1, -0.05) is 44.4 Å². The van der Waals surface area contributed by atoms with Crippen LogP contribution < -0.4 is 10.6 Å². The Kier molecular flexibility index (Phi) is 8.60. The number of carbonyl (C=O) groups excluding carboxylic acids is 1. The van der Waals surface area contributed by atoms with E-state index in [2.05, 4.69) is 32.5 Å². The number of amides is 2. The highest BCUT2D eigenvalue weighted by Crippen LogP contribution is 2.41. The van der Waals surface area contributed by atoms with Gasteiger partial charge in [0.2, 0.25) is 0 Å². The molecule has 1 saturated carbocycles. The molecule has 3 N–H and O–H groups in total. The molecule has 3 aliphatic rings. The number of carboxylic acid groups (broad SMARTS) is 1. The highest BCUT2D eigenvalue weighted by molar-refractivity contribution is 5.96. The summed E-state index contributed by atoms with van der Waals surface area (Å²) >= 11 is 0. The predicted octanol–water partition coefficient (Wildman–Crippen LogP) is 4.00. The lowest BCUT2D eigenvalue weighted by Gasteiger charge is -2.21. The van der Waals surface area contributed by atoms with Gasteiger partial charge in [0.15, 0.2) is 29.5 Å². The molecular formula is C29H36N6O7. The summed E-state index contributed by atoms with van der Waals surface area (Å²) in [4.78, 5) is 37.4. The van der Waals surface area contributed by atoms with Crippen molar-refractivity contribution in [2.24, 2.45) is 0 Å². The lowest BCUT2D eigenvalue weighted by atomic mass is 10.1. The van der Waals surface area contributed by atoms with Crippen molar-refractivity contribution in [3.63, 3.8) is 0 Å². The smallest absolute Gasteiger partial charge is 0.336 e. The molecule has 2 aliphatic heterocycles. The first-order valence-electron chi connectivity index (χ1n) is 14.6. The van der Waals surface area contributed by atoms with Crippen molar-refractivity contribution in [3.8, 4) is 0 Å². The molecule has 2 aromatic heterocycles. The highest BCUT2D eigenvalue weighted by Gasteiger charge is 2.53. The number of anilines is 1. The zero-order valence-corrected chi connectivity index (χ0v) is 23.5. The maximum absolute atomic E-state index is 12.6. The van der Waals surface area contributed by atoms with Crippen LogP contribution in [0.15, 0.2) is 36.9 Å². The van der Waals surface area contributed by atoms with Crippen molar-refractivity contribution in [1.82, 2.24) is 24.8 Å². The maximum Gasteiger partial charge on any atom is 0.336 e. The second kappa shape index (κ2) is 12.7. The number of hydrogen-bond donors (Lipinski definition) is 3. The first-order chi connectivity index (χ1) is 20.5. The second-order valence-corrected chi connectivity index (χ2v) is 10.9. The fourth-order valence-electron chi connectivity index (χ4n) is 5.93. The number of ether oxygens (including phenoxy) is 4. The highest BCUT2D eigenvalue weighted by atomic mass is 16.8. The molecule has 4 heterocycles. The number of fused-ring (bicyclic) bond motifs is 2. The zero-order valence-electron chi connectivity index (χ0n) is 23.5. The summed E-state index contributed by atoms with van der Waals surface area (Å²) in [6.07, 6.45) is 7.60. The van der Waals surface area contributed by atoms with E-state index in [1.807, 2.05) is 0 Å². The molecule has 0 radical (unpaired) electrons. The maximum atomic E-state index is 12.6. The van der Waals surface area contributed by atoms with Crippen LogP contribution in [-0.4, -0.2) is 73.9 Å². The molecule has 42 heavy (non-hydrogen) atoms. The third kappa shape index (κ3) is 5.95. The van der Waals surface area contributed by atoms with Gasteiger partial charge in [-0.3, -0.25) is 9.88 Å². The summed E-state index contributed by atoms with van der Waals surface area (Å²) in [6, 6.07) is 6.60. The minimum atomic E-state index is -1.00. The molecule has 1 aromatic carbocycles. The van der Waals surface area contributed by atoms with E-state index >= 15 is 0 Å². The monoisotopic (exact) mass is 580 g/mol. The zero-order chi connectivity index (χ0) is 29.1. The second-order valence-electron chi connectivity index (χ2n) is 10.9. The fraction of sp³-hybridized carbons (Fsp3) is 0.552. The number of nitrogens with one attached hydrogen (secondary N) is 2. The minimum Gasteiger partial charge on any atom is -0.478 e. The fourth-order valence-corrected chi connectivity index (χ4v) is 5.93. The van der Waals surface area contributed by atoms with Crippen LogP contribution >= 0.6 is 0 Å². The lowest BCUT2D eigenvalue weighted by molar-refractivity contribution is -0.157. The minimum absolute atomic E-state index is 0.115. The number of carboxylic acids is 1. The van der Waals surface area contributed by atoms with Gasteiger partial charge < -0.3 is 29.4 Å². The average Bonchev–Trinajstić information content (AvgIpc) is 3.78. The number of benzene rings is 1. The number of aromatic nitrogens is 4. The standard InChI is InChI=1S/C29H36N6O7/c1-2-3-12-21-41-23-20(14-39-13-17-8-4-7-11-19(17)28(36)37)40-27(24(23)42-21)35-16-32-22-25(30-15-31-26(22)35)34-29(38)33-18-9-5-6-10-18/h4,7-8,11,15-16,18,20-21,23-24,27H,2-3,5-6,9-10,12-14H2,1H3,(H,36,37)(H2,30,31,33,34,38)/t20-,21+,23+,24?,27-/m1/s1. The molecule has 0 spiro atoms. The molecule has 224 valence electrons. The number of unbranched alkanes of at least 4 members (excludes halogenated alkanes) is 1. The van der Waals surface area contributed by atoms with Gasteiger partial charge in [0, 0.05) is 6.04 Å². The molecule has 3 fully saturated rings. The van der Waals surface area contributed by atoms with E-state index in [0.29, 0.717) is 22.5 Å². The molecule has 6 rings (SSSR count). The van der Waals surface area contributed by atoms with E-state index in [0.717, 1.165) is 44.9 Å². The van der Waals surface area contributed by atoms with Gasteiger partial charge >= 0.3 is 12.0 Å². The van der Waals surface area contributed by atoms with Gasteiger partial charge in [0.25, 0.3) is 0 Å². The van der Waals surface area contributed by atoms with Crippen molar-refractivity contribution in [2.75, 3.05) is 11.9 Å². The Hall–Kier alpha value is -3.65. The van der Waals surface area contributed by atoms with E-state index in [1.54, 1.807) is 35.2 Å². The largest absolute Gasteiger partial charge is 0.478 e. The van der Waals surface area contributed by atoms with Crippen LogP contribution in [0, 0.1) is 0 Å². The average molecular weight is 581 g/mol. The topological polar surface area (TPSA) is 159 Å². The van der Waals surface area contributed by atoms with Gasteiger partial charge in [-0.05, 0) is 37.3 Å².